The Balaban J connectivity index is 1.87. The highest BCUT2D eigenvalue weighted by Gasteiger charge is 2.19. The van der Waals surface area contributed by atoms with Crippen LogP contribution in [0.25, 0.3) is 0 Å². The van der Waals surface area contributed by atoms with Crippen LogP contribution in [0.2, 0.25) is 0 Å². The summed E-state index contributed by atoms with van der Waals surface area (Å²) in [5.74, 6) is -1.26. The van der Waals surface area contributed by atoms with Gasteiger partial charge in [-0.15, -0.1) is 0 Å². The summed E-state index contributed by atoms with van der Waals surface area (Å²) in [4.78, 5) is 0. The van der Waals surface area contributed by atoms with Gasteiger partial charge in [0.25, 0.3) is 0 Å². The molecule has 2 rings (SSSR count). The van der Waals surface area contributed by atoms with Crippen molar-refractivity contribution >= 4 is 0 Å². The first kappa shape index (κ1) is 16.0. The minimum atomic E-state index is -0.942. The third-order valence-corrected chi connectivity index (χ3v) is 3.39. The van der Waals surface area contributed by atoms with Crippen LogP contribution < -0.4 is 4.74 Å². The van der Waals surface area contributed by atoms with Crippen LogP contribution in [0.4, 0.5) is 8.78 Å². The van der Waals surface area contributed by atoms with Crippen LogP contribution >= 0.6 is 0 Å². The normalized spacial score (nSPS) is 12.0. The Bertz CT molecular complexity index is 672. The molecular weight excluding hydrogens is 290 g/mol. The van der Waals surface area contributed by atoms with Crippen molar-refractivity contribution in [2.75, 3.05) is 6.61 Å². The van der Waals surface area contributed by atoms with Crippen molar-refractivity contribution in [3.63, 3.8) is 0 Å². The van der Waals surface area contributed by atoms with Crippen molar-refractivity contribution < 1.29 is 18.0 Å². The van der Waals surface area contributed by atoms with Crippen LogP contribution in [-0.4, -0.2) is 11.8 Å². The van der Waals surface area contributed by atoms with Crippen LogP contribution in [0, 0.1) is 36.8 Å². The zero-order valence-electron chi connectivity index (χ0n) is 12.4. The summed E-state index contributed by atoms with van der Waals surface area (Å²) in [6.45, 7) is 3.89. The fourth-order valence-electron chi connectivity index (χ4n) is 2.31. The lowest BCUT2D eigenvalue weighted by Gasteiger charge is -2.10. The fourth-order valence-corrected chi connectivity index (χ4v) is 2.31. The molecule has 0 N–H and O–H groups in total. The SMILES string of the molecule is Cc1noc(C)c1C(C#N)CCCOc1ccc(F)c(F)c1. The minimum absolute atomic E-state index is 0.268. The second-order valence-corrected chi connectivity index (χ2v) is 4.99. The Labute approximate surface area is 127 Å². The van der Waals surface area contributed by atoms with E-state index in [2.05, 4.69) is 11.2 Å². The van der Waals surface area contributed by atoms with E-state index in [1.807, 2.05) is 0 Å². The number of benzene rings is 1. The van der Waals surface area contributed by atoms with E-state index in [4.69, 9.17) is 9.26 Å². The number of rotatable bonds is 6. The van der Waals surface area contributed by atoms with Gasteiger partial charge in [-0.1, -0.05) is 5.16 Å². The van der Waals surface area contributed by atoms with Crippen molar-refractivity contribution in [2.45, 2.75) is 32.6 Å². The van der Waals surface area contributed by atoms with Gasteiger partial charge < -0.3 is 9.26 Å². The zero-order chi connectivity index (χ0) is 16.1. The molecule has 1 heterocycles. The standard InChI is InChI=1S/C16H16F2N2O2/c1-10-16(11(2)22-20-10)12(9-19)4-3-7-21-13-5-6-14(17)15(18)8-13/h5-6,8,12H,3-4,7H2,1-2H3. The molecular formula is C16H16F2N2O2. The maximum absolute atomic E-state index is 13.0. The summed E-state index contributed by atoms with van der Waals surface area (Å²) < 4.78 is 36.2. The lowest BCUT2D eigenvalue weighted by molar-refractivity contribution is 0.302. The Morgan fingerprint density at radius 2 is 2.09 bits per heavy atom. The van der Waals surface area contributed by atoms with E-state index in [0.29, 0.717) is 30.9 Å². The first-order chi connectivity index (χ1) is 10.5. The molecule has 1 aromatic heterocycles. The molecule has 0 aliphatic rings. The number of hydrogen-bond acceptors (Lipinski definition) is 4. The van der Waals surface area contributed by atoms with Crippen molar-refractivity contribution in [2.24, 2.45) is 0 Å². The summed E-state index contributed by atoms with van der Waals surface area (Å²) in [5, 5.41) is 13.1. The summed E-state index contributed by atoms with van der Waals surface area (Å²) >= 11 is 0. The molecule has 4 nitrogen and oxygen atoms in total. The summed E-state index contributed by atoms with van der Waals surface area (Å²) in [6, 6.07) is 5.63. The van der Waals surface area contributed by atoms with E-state index < -0.39 is 11.6 Å². The van der Waals surface area contributed by atoms with Crippen molar-refractivity contribution in [3.05, 3.63) is 46.9 Å². The Kier molecular flexibility index (Phi) is 5.10. The van der Waals surface area contributed by atoms with E-state index in [1.54, 1.807) is 13.8 Å². The van der Waals surface area contributed by atoms with Gasteiger partial charge in [-0.05, 0) is 38.8 Å². The second kappa shape index (κ2) is 7.03. The maximum atomic E-state index is 13.0. The number of aryl methyl sites for hydroxylation is 2. The van der Waals surface area contributed by atoms with Gasteiger partial charge in [0.2, 0.25) is 0 Å². The second-order valence-electron chi connectivity index (χ2n) is 4.99. The predicted octanol–water partition coefficient (Wildman–Crippen LogP) is 4.04. The van der Waals surface area contributed by atoms with E-state index in [-0.39, 0.29) is 11.7 Å². The van der Waals surface area contributed by atoms with Gasteiger partial charge in [0.05, 0.1) is 24.3 Å². The number of aromatic nitrogens is 1. The van der Waals surface area contributed by atoms with Gasteiger partial charge in [0.1, 0.15) is 11.5 Å². The Morgan fingerprint density at radius 1 is 1.32 bits per heavy atom. The van der Waals surface area contributed by atoms with Gasteiger partial charge in [0, 0.05) is 11.6 Å². The minimum Gasteiger partial charge on any atom is -0.493 e. The molecule has 2 aromatic rings. The molecule has 0 bridgehead atoms. The largest absolute Gasteiger partial charge is 0.493 e. The smallest absolute Gasteiger partial charge is 0.162 e. The molecule has 1 atom stereocenters. The molecule has 0 saturated carbocycles. The predicted molar refractivity (Wildman–Crippen MR) is 75.4 cm³/mol. The van der Waals surface area contributed by atoms with Gasteiger partial charge in [0.15, 0.2) is 11.6 Å². The monoisotopic (exact) mass is 306 g/mol. The van der Waals surface area contributed by atoms with Gasteiger partial charge in [-0.3, -0.25) is 0 Å². The number of ether oxygens (including phenoxy) is 1. The third-order valence-electron chi connectivity index (χ3n) is 3.39. The summed E-state index contributed by atoms with van der Waals surface area (Å²) in [7, 11) is 0. The summed E-state index contributed by atoms with van der Waals surface area (Å²) in [5.41, 5.74) is 1.53. The lowest BCUT2D eigenvalue weighted by Crippen LogP contribution is -2.04. The van der Waals surface area contributed by atoms with E-state index in [9.17, 15) is 14.0 Å². The Morgan fingerprint density at radius 3 is 2.68 bits per heavy atom. The van der Waals surface area contributed by atoms with Crippen molar-refractivity contribution in [1.82, 2.24) is 5.16 Å². The topological polar surface area (TPSA) is 59.0 Å². The molecule has 0 fully saturated rings. The number of hydrogen-bond donors (Lipinski definition) is 0. The molecule has 1 aromatic carbocycles. The number of nitrogens with zero attached hydrogens (tertiary/aromatic N) is 2. The van der Waals surface area contributed by atoms with E-state index >= 15 is 0 Å². The maximum Gasteiger partial charge on any atom is 0.162 e. The number of nitriles is 1. The summed E-state index contributed by atoms with van der Waals surface area (Å²) in [6.07, 6.45) is 1.17. The van der Waals surface area contributed by atoms with Crippen LogP contribution in [0.15, 0.2) is 22.7 Å². The van der Waals surface area contributed by atoms with Crippen molar-refractivity contribution in [3.8, 4) is 11.8 Å². The highest BCUT2D eigenvalue weighted by molar-refractivity contribution is 5.30. The fraction of sp³-hybridized carbons (Fsp3) is 0.375. The third kappa shape index (κ3) is 3.61. The molecule has 116 valence electrons. The number of halogens is 2. The van der Waals surface area contributed by atoms with E-state index in [0.717, 1.165) is 17.7 Å². The van der Waals surface area contributed by atoms with Crippen LogP contribution in [0.3, 0.4) is 0 Å². The first-order valence-corrected chi connectivity index (χ1v) is 6.93. The molecule has 0 aliphatic carbocycles. The Hall–Kier alpha value is -2.42. The average molecular weight is 306 g/mol. The van der Waals surface area contributed by atoms with E-state index in [1.165, 1.54) is 6.07 Å². The molecule has 0 radical (unpaired) electrons. The molecule has 22 heavy (non-hydrogen) atoms. The van der Waals surface area contributed by atoms with Crippen molar-refractivity contribution in [1.29, 1.82) is 5.26 Å². The highest BCUT2D eigenvalue weighted by atomic mass is 19.2. The molecule has 0 aliphatic heterocycles. The van der Waals surface area contributed by atoms with Gasteiger partial charge in [-0.2, -0.15) is 5.26 Å². The molecule has 0 amide bonds. The molecule has 1 unspecified atom stereocenters. The van der Waals surface area contributed by atoms with Crippen LogP contribution in [0.1, 0.15) is 35.8 Å². The van der Waals surface area contributed by atoms with Crippen LogP contribution in [-0.2, 0) is 0 Å². The highest BCUT2D eigenvalue weighted by Crippen LogP contribution is 2.27. The lowest BCUT2D eigenvalue weighted by atomic mass is 9.94. The average Bonchev–Trinajstić information content (AvgIpc) is 2.83. The van der Waals surface area contributed by atoms with Gasteiger partial charge in [-0.25, -0.2) is 8.78 Å². The molecule has 0 saturated heterocycles. The zero-order valence-corrected chi connectivity index (χ0v) is 12.4. The first-order valence-electron chi connectivity index (χ1n) is 6.93. The quantitative estimate of drug-likeness (QED) is 0.756. The van der Waals surface area contributed by atoms with Crippen LogP contribution in [0.5, 0.6) is 5.75 Å². The molecule has 0 spiro atoms. The molecule has 6 heteroatoms. The van der Waals surface area contributed by atoms with Gasteiger partial charge >= 0.3 is 0 Å².